The van der Waals surface area contributed by atoms with Crippen LogP contribution in [0.1, 0.15) is 39.7 Å². The number of benzene rings is 2. The van der Waals surface area contributed by atoms with Crippen LogP contribution in [0.15, 0.2) is 73.1 Å². The van der Waals surface area contributed by atoms with Crippen molar-refractivity contribution in [1.29, 1.82) is 0 Å². The minimum absolute atomic E-state index is 0.0269. The molecule has 57 heavy (non-hydrogen) atoms. The largest absolute Gasteiger partial charge is 0.457 e. The number of nitrogens with two attached hydrogens (primary N) is 1. The van der Waals surface area contributed by atoms with Crippen molar-refractivity contribution < 1.29 is 47.5 Å². The molecule has 0 aliphatic carbocycles. The summed E-state index contributed by atoms with van der Waals surface area (Å²) in [6.45, 7) is 8.68. The van der Waals surface area contributed by atoms with Crippen molar-refractivity contribution in [2.75, 3.05) is 78.3 Å². The fourth-order valence-electron chi connectivity index (χ4n) is 5.79. The molecule has 17 heteroatoms. The van der Waals surface area contributed by atoms with E-state index in [2.05, 4.69) is 9.97 Å². The van der Waals surface area contributed by atoms with Crippen molar-refractivity contribution in [1.82, 2.24) is 30.0 Å². The van der Waals surface area contributed by atoms with Gasteiger partial charge < -0.3 is 43.8 Å². The van der Waals surface area contributed by atoms with Gasteiger partial charge in [0.15, 0.2) is 5.65 Å². The van der Waals surface area contributed by atoms with Crippen molar-refractivity contribution in [3.63, 3.8) is 0 Å². The number of nitrogen functional groups attached to an aromatic ring is 1. The quantitative estimate of drug-likeness (QED) is 0.0914. The number of ether oxygens (including phenoxy) is 7. The molecule has 2 aromatic heterocycles. The minimum atomic E-state index is -0.908. The Hall–Kier alpha value is -5.62. The maximum atomic E-state index is 13.1. The van der Waals surface area contributed by atoms with Gasteiger partial charge in [-0.1, -0.05) is 24.3 Å². The molecule has 2 aromatic carbocycles. The first kappa shape index (κ1) is 42.5. The number of anilines is 1. The highest BCUT2D eigenvalue weighted by molar-refractivity contribution is 5.98. The number of piperidine rings is 1. The monoisotopic (exact) mass is 789 g/mol. The van der Waals surface area contributed by atoms with Gasteiger partial charge in [-0.3, -0.25) is 4.79 Å². The van der Waals surface area contributed by atoms with E-state index in [1.807, 2.05) is 69.5 Å². The number of fused-ring (bicyclic) bond motifs is 1. The molecule has 3 amide bonds. The Labute approximate surface area is 331 Å². The Bertz CT molecular complexity index is 1920. The van der Waals surface area contributed by atoms with Crippen LogP contribution in [-0.4, -0.2) is 121 Å². The van der Waals surface area contributed by atoms with Gasteiger partial charge in [-0.05, 0) is 70.0 Å². The number of hydrogen-bond donors (Lipinski definition) is 2. The van der Waals surface area contributed by atoms with Gasteiger partial charge in [0.1, 0.15) is 41.5 Å². The molecule has 17 nitrogen and oxygen atoms in total. The van der Waals surface area contributed by atoms with E-state index in [9.17, 15) is 14.4 Å². The Morgan fingerprint density at radius 1 is 0.842 bits per heavy atom. The Morgan fingerprint density at radius 3 is 2.18 bits per heavy atom. The molecule has 0 unspecified atom stereocenters. The van der Waals surface area contributed by atoms with Crippen molar-refractivity contribution in [2.45, 2.75) is 45.3 Å². The van der Waals surface area contributed by atoms with Gasteiger partial charge in [-0.25, -0.2) is 29.6 Å². The standard InChI is InChI=1S/C40H51N7O10/c1-40(2,3)57-39(50)44-38(49)55-26-25-54-24-23-53-22-21-52-20-19-51-18-8-12-33(48)46-17-7-9-30(27-46)47-37-34(36(41)42-28-43-37)35(45-47)29-13-15-32(16-14-29)56-31-10-5-4-6-11-31/h4-6,8,10-16,28,30H,7,9,17-27H2,1-3H3,(H2,41,42,43)(H,44,49,50)/b12-8+/t30-/m1/s1. The van der Waals surface area contributed by atoms with Crippen LogP contribution >= 0.6 is 0 Å². The second kappa shape index (κ2) is 21.6. The average molecular weight is 790 g/mol. The normalized spacial score (nSPS) is 14.5. The molecule has 306 valence electrons. The van der Waals surface area contributed by atoms with Gasteiger partial charge in [0.25, 0.3) is 0 Å². The molecular formula is C40H51N7O10. The molecule has 1 aliphatic rings. The molecule has 0 radical (unpaired) electrons. The molecule has 0 saturated carbocycles. The molecular weight excluding hydrogens is 738 g/mol. The Balaban J connectivity index is 0.954. The van der Waals surface area contributed by atoms with Crippen LogP contribution in [0.25, 0.3) is 22.3 Å². The van der Waals surface area contributed by atoms with Crippen LogP contribution in [0.4, 0.5) is 15.4 Å². The molecule has 1 fully saturated rings. The predicted octanol–water partition coefficient (Wildman–Crippen LogP) is 5.32. The first-order chi connectivity index (χ1) is 27.6. The van der Waals surface area contributed by atoms with E-state index >= 15 is 0 Å². The van der Waals surface area contributed by atoms with Crippen LogP contribution in [0.2, 0.25) is 0 Å². The number of amides is 3. The smallest absolute Gasteiger partial charge is 0.417 e. The van der Waals surface area contributed by atoms with Gasteiger partial charge in [-0.2, -0.15) is 5.10 Å². The van der Waals surface area contributed by atoms with Crippen LogP contribution in [0.5, 0.6) is 11.5 Å². The first-order valence-corrected chi connectivity index (χ1v) is 18.8. The molecule has 1 saturated heterocycles. The van der Waals surface area contributed by atoms with E-state index in [1.54, 1.807) is 26.8 Å². The molecule has 5 rings (SSSR count). The van der Waals surface area contributed by atoms with E-state index in [0.717, 1.165) is 24.2 Å². The summed E-state index contributed by atoms with van der Waals surface area (Å²) >= 11 is 0. The number of nitrogens with zero attached hydrogens (tertiary/aromatic N) is 5. The third kappa shape index (κ3) is 13.8. The first-order valence-electron chi connectivity index (χ1n) is 18.8. The van der Waals surface area contributed by atoms with Crippen LogP contribution in [0.3, 0.4) is 0 Å². The van der Waals surface area contributed by atoms with Gasteiger partial charge >= 0.3 is 12.2 Å². The van der Waals surface area contributed by atoms with E-state index in [4.69, 9.17) is 44.0 Å². The van der Waals surface area contributed by atoms with Crippen molar-refractivity contribution in [3.8, 4) is 22.8 Å². The summed E-state index contributed by atoms with van der Waals surface area (Å²) in [5, 5.41) is 7.62. The second-order valence-corrected chi connectivity index (χ2v) is 13.8. The summed E-state index contributed by atoms with van der Waals surface area (Å²) in [6, 6.07) is 17.1. The zero-order valence-electron chi connectivity index (χ0n) is 32.6. The number of aromatic nitrogens is 4. The van der Waals surface area contributed by atoms with Crippen molar-refractivity contribution >= 4 is 34.9 Å². The molecule has 1 atom stereocenters. The van der Waals surface area contributed by atoms with Gasteiger partial charge in [-0.15, -0.1) is 0 Å². The van der Waals surface area contributed by atoms with Gasteiger partial charge in [0.2, 0.25) is 5.91 Å². The van der Waals surface area contributed by atoms with Gasteiger partial charge in [0.05, 0.1) is 64.3 Å². The topological polar surface area (TPSA) is 201 Å². The highest BCUT2D eigenvalue weighted by Crippen LogP contribution is 2.35. The fraction of sp³-hybridized carbons (Fsp3) is 0.450. The molecule has 0 spiro atoms. The summed E-state index contributed by atoms with van der Waals surface area (Å²) in [5.74, 6) is 1.68. The third-order valence-corrected chi connectivity index (χ3v) is 8.33. The SMILES string of the molecule is CC(C)(C)OC(=O)NC(=O)OCCOCCOCCOCCOC/C=C/C(=O)N1CCC[C@@H](n2nc(-c3ccc(Oc4ccccc4)cc3)c3c(N)ncnc32)C1. The predicted molar refractivity (Wildman–Crippen MR) is 210 cm³/mol. The number of carbonyl (C=O) groups excluding carboxylic acids is 3. The average Bonchev–Trinajstić information content (AvgIpc) is 3.58. The minimum Gasteiger partial charge on any atom is -0.457 e. The molecule has 0 bridgehead atoms. The highest BCUT2D eigenvalue weighted by atomic mass is 16.6. The van der Waals surface area contributed by atoms with Crippen molar-refractivity contribution in [3.05, 3.63) is 73.1 Å². The summed E-state index contributed by atoms with van der Waals surface area (Å²) in [6.07, 6.45) is 4.53. The number of nitrogens with one attached hydrogen (secondary N) is 1. The van der Waals surface area contributed by atoms with Crippen LogP contribution in [-0.2, 0) is 33.2 Å². The number of alkyl carbamates (subject to hydrolysis) is 2. The van der Waals surface area contributed by atoms with E-state index in [0.29, 0.717) is 81.0 Å². The summed E-state index contributed by atoms with van der Waals surface area (Å²) in [4.78, 5) is 46.8. The number of likely N-dealkylation sites (tertiary alicyclic amines) is 1. The van der Waals surface area contributed by atoms with Gasteiger partial charge in [0, 0.05) is 24.7 Å². The third-order valence-electron chi connectivity index (χ3n) is 8.33. The summed E-state index contributed by atoms with van der Waals surface area (Å²) < 4.78 is 39.5. The van der Waals surface area contributed by atoms with Crippen molar-refractivity contribution in [2.24, 2.45) is 0 Å². The van der Waals surface area contributed by atoms with E-state index in [1.165, 1.54) is 12.4 Å². The summed E-state index contributed by atoms with van der Waals surface area (Å²) in [7, 11) is 0. The maximum Gasteiger partial charge on any atom is 0.417 e. The lowest BCUT2D eigenvalue weighted by Crippen LogP contribution is -2.40. The number of imide groups is 1. The Morgan fingerprint density at radius 2 is 1.49 bits per heavy atom. The van der Waals surface area contributed by atoms with Crippen LogP contribution < -0.4 is 15.8 Å². The zero-order chi connectivity index (χ0) is 40.5. The lowest BCUT2D eigenvalue weighted by molar-refractivity contribution is -0.127. The fourth-order valence-corrected chi connectivity index (χ4v) is 5.79. The zero-order valence-corrected chi connectivity index (χ0v) is 32.6. The molecule has 3 N–H and O–H groups in total. The number of para-hydroxylation sites is 1. The Kier molecular flexibility index (Phi) is 16.1. The summed E-state index contributed by atoms with van der Waals surface area (Å²) in [5.41, 5.74) is 7.79. The molecule has 4 aromatic rings. The lowest BCUT2D eigenvalue weighted by Gasteiger charge is -2.32. The second-order valence-electron chi connectivity index (χ2n) is 13.8. The van der Waals surface area contributed by atoms with Crippen LogP contribution in [0, 0.1) is 0 Å². The molecule has 1 aliphatic heterocycles. The lowest BCUT2D eigenvalue weighted by atomic mass is 10.1. The number of hydrogen-bond acceptors (Lipinski definition) is 14. The molecule has 3 heterocycles. The van der Waals surface area contributed by atoms with E-state index < -0.39 is 17.8 Å². The van der Waals surface area contributed by atoms with E-state index in [-0.39, 0.29) is 31.8 Å². The number of rotatable bonds is 19. The number of carbonyl (C=O) groups is 3. The highest BCUT2D eigenvalue weighted by Gasteiger charge is 2.28. The maximum absolute atomic E-state index is 13.1.